The van der Waals surface area contributed by atoms with Crippen LogP contribution in [0.4, 0.5) is 0 Å². The van der Waals surface area contributed by atoms with Gasteiger partial charge >= 0.3 is 0 Å². The van der Waals surface area contributed by atoms with Crippen molar-refractivity contribution in [2.45, 2.75) is 86.0 Å². The smallest absolute Gasteiger partial charge is 0.0323 e. The number of hydrogen-bond acceptors (Lipinski definition) is 0. The molecular formula is C26H44. The van der Waals surface area contributed by atoms with E-state index in [9.17, 15) is 0 Å². The Morgan fingerprint density at radius 1 is 0.615 bits per heavy atom. The summed E-state index contributed by atoms with van der Waals surface area (Å²) >= 11 is 0. The molecule has 5 aliphatic carbocycles. The molecule has 0 aromatic heterocycles. The van der Waals surface area contributed by atoms with Gasteiger partial charge in [-0.1, -0.05) is 47.5 Å². The van der Waals surface area contributed by atoms with Gasteiger partial charge in [-0.3, -0.25) is 0 Å². The fourth-order valence-electron chi connectivity index (χ4n) is 10.5. The highest BCUT2D eigenvalue weighted by molar-refractivity contribution is 5.08. The zero-order chi connectivity index (χ0) is 18.2. The van der Waals surface area contributed by atoms with Gasteiger partial charge in [0.15, 0.2) is 0 Å². The third-order valence-electron chi connectivity index (χ3n) is 10.8. The Labute approximate surface area is 163 Å². The average Bonchev–Trinajstić information content (AvgIpc) is 3.26. The van der Waals surface area contributed by atoms with Gasteiger partial charge in [0.05, 0.1) is 0 Å². The summed E-state index contributed by atoms with van der Waals surface area (Å²) in [6.45, 7) is 12.9. The van der Waals surface area contributed by atoms with Crippen molar-refractivity contribution in [2.75, 3.05) is 0 Å². The van der Waals surface area contributed by atoms with Crippen LogP contribution in [0.2, 0.25) is 0 Å². The predicted octanol–water partition coefficient (Wildman–Crippen LogP) is 7.29. The molecule has 0 bridgehead atoms. The lowest BCUT2D eigenvalue weighted by Crippen LogP contribution is -2.30. The van der Waals surface area contributed by atoms with Crippen molar-refractivity contribution in [3.8, 4) is 0 Å². The molecule has 5 saturated carbocycles. The Kier molecular flexibility index (Phi) is 4.53. The van der Waals surface area contributed by atoms with Crippen LogP contribution in [0.1, 0.15) is 86.0 Å². The largest absolute Gasteiger partial charge is 0.0654 e. The van der Waals surface area contributed by atoms with Crippen LogP contribution < -0.4 is 0 Å². The fraction of sp³-hybridized carbons (Fsp3) is 1.00. The zero-order valence-corrected chi connectivity index (χ0v) is 18.2. The topological polar surface area (TPSA) is 0 Å². The second kappa shape index (κ2) is 6.52. The zero-order valence-electron chi connectivity index (χ0n) is 18.2. The highest BCUT2D eigenvalue weighted by Gasteiger charge is 2.60. The van der Waals surface area contributed by atoms with E-state index in [1.165, 1.54) is 12.8 Å². The molecule has 0 nitrogen and oxygen atoms in total. The van der Waals surface area contributed by atoms with Gasteiger partial charge in [0, 0.05) is 0 Å². The van der Waals surface area contributed by atoms with Crippen LogP contribution in [0.15, 0.2) is 0 Å². The second-order valence-corrected chi connectivity index (χ2v) is 12.1. The molecule has 0 aliphatic heterocycles. The van der Waals surface area contributed by atoms with Gasteiger partial charge in [-0.05, 0) is 115 Å². The normalized spacial score (nSPS) is 59.0. The molecule has 0 saturated heterocycles. The van der Waals surface area contributed by atoms with Crippen LogP contribution in [0.3, 0.4) is 0 Å². The van der Waals surface area contributed by atoms with Crippen molar-refractivity contribution >= 4 is 0 Å². The van der Waals surface area contributed by atoms with E-state index in [2.05, 4.69) is 34.6 Å². The van der Waals surface area contributed by atoms with Crippen molar-refractivity contribution in [3.63, 3.8) is 0 Å². The SMILES string of the molecule is CCCC(C)C1CC2CC3CC(C)C4C(C)CC(CC5CC(C)C1C52)C34. The summed E-state index contributed by atoms with van der Waals surface area (Å²) in [4.78, 5) is 0. The van der Waals surface area contributed by atoms with Gasteiger partial charge < -0.3 is 0 Å². The molecule has 5 fully saturated rings. The maximum Gasteiger partial charge on any atom is -0.0323 e. The minimum atomic E-state index is 0.981. The molecule has 13 unspecified atom stereocenters. The van der Waals surface area contributed by atoms with Gasteiger partial charge in [0.2, 0.25) is 0 Å². The Morgan fingerprint density at radius 3 is 1.62 bits per heavy atom. The van der Waals surface area contributed by atoms with Crippen LogP contribution in [0.25, 0.3) is 0 Å². The first-order valence-corrected chi connectivity index (χ1v) is 12.5. The minimum absolute atomic E-state index is 0.981. The summed E-state index contributed by atoms with van der Waals surface area (Å²) in [7, 11) is 0. The van der Waals surface area contributed by atoms with Crippen molar-refractivity contribution < 1.29 is 0 Å². The molecule has 0 aromatic rings. The van der Waals surface area contributed by atoms with Gasteiger partial charge in [0.1, 0.15) is 0 Å². The van der Waals surface area contributed by atoms with Gasteiger partial charge in [-0.2, -0.15) is 0 Å². The third-order valence-corrected chi connectivity index (χ3v) is 10.8. The molecule has 5 rings (SSSR count). The summed E-state index contributed by atoms with van der Waals surface area (Å²) in [6, 6.07) is 0. The van der Waals surface area contributed by atoms with Crippen molar-refractivity contribution in [3.05, 3.63) is 0 Å². The van der Waals surface area contributed by atoms with Gasteiger partial charge in [-0.15, -0.1) is 0 Å². The predicted molar refractivity (Wildman–Crippen MR) is 111 cm³/mol. The van der Waals surface area contributed by atoms with E-state index in [1.54, 1.807) is 38.5 Å². The standard InChI is InChI=1S/C26H44/c1-6-7-14(2)22-13-21-12-19-9-16(4)23-15(3)8-18(25(19)23)11-20-10-17(5)24(22)26(20)21/h14-26H,6-13H2,1-5H3. The van der Waals surface area contributed by atoms with Crippen molar-refractivity contribution in [2.24, 2.45) is 76.9 Å². The van der Waals surface area contributed by atoms with Crippen LogP contribution in [0, 0.1) is 76.9 Å². The van der Waals surface area contributed by atoms with Crippen molar-refractivity contribution in [1.82, 2.24) is 0 Å². The van der Waals surface area contributed by atoms with Crippen LogP contribution in [0.5, 0.6) is 0 Å². The lowest BCUT2D eigenvalue weighted by atomic mass is 9.68. The molecule has 13 atom stereocenters. The van der Waals surface area contributed by atoms with E-state index >= 15 is 0 Å². The first kappa shape index (κ1) is 18.1. The molecule has 26 heavy (non-hydrogen) atoms. The molecule has 0 radical (unpaired) electrons. The second-order valence-electron chi connectivity index (χ2n) is 12.1. The molecule has 0 spiro atoms. The van der Waals surface area contributed by atoms with E-state index in [0.717, 1.165) is 76.9 Å². The summed E-state index contributed by atoms with van der Waals surface area (Å²) < 4.78 is 0. The lowest BCUT2D eigenvalue weighted by molar-refractivity contribution is 0.115. The average molecular weight is 357 g/mol. The highest BCUT2D eigenvalue weighted by atomic mass is 14.6. The molecular weight excluding hydrogens is 312 g/mol. The molecule has 0 heteroatoms. The first-order valence-electron chi connectivity index (χ1n) is 12.5. The first-order chi connectivity index (χ1) is 12.5. The summed E-state index contributed by atoms with van der Waals surface area (Å²) in [5.41, 5.74) is 0. The maximum atomic E-state index is 2.65. The molecule has 148 valence electrons. The van der Waals surface area contributed by atoms with Crippen molar-refractivity contribution in [1.29, 1.82) is 0 Å². The Balaban J connectivity index is 1.45. The van der Waals surface area contributed by atoms with Gasteiger partial charge in [-0.25, -0.2) is 0 Å². The van der Waals surface area contributed by atoms with E-state index in [-0.39, 0.29) is 0 Å². The Bertz CT molecular complexity index is 522. The Morgan fingerprint density at radius 2 is 1.08 bits per heavy atom. The summed E-state index contributed by atoms with van der Waals surface area (Å²) in [5, 5.41) is 0. The molecule has 5 aliphatic rings. The minimum Gasteiger partial charge on any atom is -0.0654 e. The van der Waals surface area contributed by atoms with Crippen LogP contribution >= 0.6 is 0 Å². The van der Waals surface area contributed by atoms with E-state index in [1.807, 2.05) is 0 Å². The fourth-order valence-corrected chi connectivity index (χ4v) is 10.5. The van der Waals surface area contributed by atoms with Crippen LogP contribution in [-0.2, 0) is 0 Å². The quantitative estimate of drug-likeness (QED) is 0.498. The lowest BCUT2D eigenvalue weighted by Gasteiger charge is -2.37. The highest BCUT2D eigenvalue weighted by Crippen LogP contribution is 2.67. The molecule has 0 aromatic carbocycles. The van der Waals surface area contributed by atoms with E-state index in [4.69, 9.17) is 0 Å². The summed E-state index contributed by atoms with van der Waals surface area (Å²) in [6.07, 6.45) is 12.5. The third kappa shape index (κ3) is 2.52. The number of hydrogen-bond donors (Lipinski definition) is 0. The van der Waals surface area contributed by atoms with Gasteiger partial charge in [0.25, 0.3) is 0 Å². The van der Waals surface area contributed by atoms with Crippen LogP contribution in [-0.4, -0.2) is 0 Å². The monoisotopic (exact) mass is 356 g/mol. The Hall–Kier alpha value is 0. The maximum absolute atomic E-state index is 2.65. The van der Waals surface area contributed by atoms with E-state index in [0.29, 0.717) is 0 Å². The molecule has 0 amide bonds. The molecule has 0 heterocycles. The van der Waals surface area contributed by atoms with E-state index < -0.39 is 0 Å². The summed E-state index contributed by atoms with van der Waals surface area (Å²) in [5.74, 6) is 14.0. The number of rotatable bonds is 3. The molecule has 0 N–H and O–H groups in total.